The lowest BCUT2D eigenvalue weighted by Gasteiger charge is -2.17. The van der Waals surface area contributed by atoms with Crippen molar-refractivity contribution in [1.29, 1.82) is 0 Å². The third-order valence-corrected chi connectivity index (χ3v) is 7.40. The van der Waals surface area contributed by atoms with Crippen LogP contribution in [0.15, 0.2) is 42.5 Å². The van der Waals surface area contributed by atoms with E-state index < -0.39 is 15.1 Å². The number of rotatable bonds is 7. The highest BCUT2D eigenvalue weighted by atomic mass is 32.2. The average molecular weight is 428 g/mol. The number of nitrogens with zero attached hydrogens (tertiary/aromatic N) is 1. The zero-order valence-electron chi connectivity index (χ0n) is 17.5. The molecule has 0 aromatic heterocycles. The van der Waals surface area contributed by atoms with Crippen LogP contribution in [0, 0.1) is 0 Å². The van der Waals surface area contributed by atoms with E-state index in [2.05, 4.69) is 0 Å². The first-order chi connectivity index (χ1) is 14.0. The smallest absolute Gasteiger partial charge is 0.261 e. The maximum absolute atomic E-state index is 12.7. The van der Waals surface area contributed by atoms with Crippen LogP contribution in [-0.4, -0.2) is 42.2 Å². The summed E-state index contributed by atoms with van der Waals surface area (Å²) in [6, 6.07) is 11.2. The van der Waals surface area contributed by atoms with E-state index in [1.54, 1.807) is 70.2 Å². The molecule has 0 aliphatic carbocycles. The number of carbonyl (C=O) groups excluding carboxylic acids is 3. The molecule has 0 bridgehead atoms. The molecule has 1 heterocycles. The van der Waals surface area contributed by atoms with Crippen LogP contribution in [0.5, 0.6) is 0 Å². The van der Waals surface area contributed by atoms with Crippen LogP contribution in [0.1, 0.15) is 69.9 Å². The highest BCUT2D eigenvalue weighted by Crippen LogP contribution is 2.26. The Morgan fingerprint density at radius 1 is 0.867 bits per heavy atom. The summed E-state index contributed by atoms with van der Waals surface area (Å²) >= 11 is 0. The van der Waals surface area contributed by atoms with Gasteiger partial charge in [-0.15, -0.1) is 0 Å². The van der Waals surface area contributed by atoms with E-state index >= 15 is 0 Å². The van der Waals surface area contributed by atoms with Gasteiger partial charge < -0.3 is 0 Å². The molecule has 7 heteroatoms. The largest absolute Gasteiger partial charge is 0.294 e. The van der Waals surface area contributed by atoms with Crippen molar-refractivity contribution in [2.75, 3.05) is 0 Å². The first kappa shape index (κ1) is 21.9. The lowest BCUT2D eigenvalue weighted by atomic mass is 9.99. The number of fused-ring (bicyclic) bond motifs is 1. The van der Waals surface area contributed by atoms with Gasteiger partial charge in [-0.05, 0) is 51.0 Å². The Morgan fingerprint density at radius 2 is 1.43 bits per heavy atom. The van der Waals surface area contributed by atoms with Crippen LogP contribution in [0.3, 0.4) is 0 Å². The quantitative estimate of drug-likeness (QED) is 0.499. The lowest BCUT2D eigenvalue weighted by molar-refractivity contribution is 0.0608. The van der Waals surface area contributed by atoms with Gasteiger partial charge >= 0.3 is 0 Å². The molecule has 158 valence electrons. The molecule has 0 fully saturated rings. The lowest BCUT2D eigenvalue weighted by Crippen LogP contribution is -2.35. The summed E-state index contributed by atoms with van der Waals surface area (Å²) in [5.41, 5.74) is 2.44. The molecule has 1 aliphatic rings. The fourth-order valence-electron chi connectivity index (χ4n) is 3.36. The first-order valence-corrected chi connectivity index (χ1v) is 11.6. The summed E-state index contributed by atoms with van der Waals surface area (Å²) in [7, 11) is -3.21. The van der Waals surface area contributed by atoms with Gasteiger partial charge in [0.05, 0.1) is 22.1 Å². The molecule has 0 unspecified atom stereocenters. The first-order valence-electron chi connectivity index (χ1n) is 9.85. The van der Waals surface area contributed by atoms with Gasteiger partial charge in [0.2, 0.25) is 0 Å². The third-order valence-electron chi connectivity index (χ3n) is 5.23. The van der Waals surface area contributed by atoms with E-state index in [9.17, 15) is 22.8 Å². The number of benzene rings is 2. The maximum Gasteiger partial charge on any atom is 0.261 e. The summed E-state index contributed by atoms with van der Waals surface area (Å²) in [6.45, 7) is 6.84. The molecule has 3 rings (SSSR count). The predicted octanol–water partition coefficient (Wildman–Crippen LogP) is 3.44. The van der Waals surface area contributed by atoms with Crippen LogP contribution in [0.4, 0.5) is 0 Å². The summed E-state index contributed by atoms with van der Waals surface area (Å²) in [6.07, 6.45) is 0.0834. The van der Waals surface area contributed by atoms with E-state index in [1.807, 2.05) is 0 Å². The van der Waals surface area contributed by atoms with E-state index in [1.165, 1.54) is 4.90 Å². The molecule has 30 heavy (non-hydrogen) atoms. The number of amides is 2. The monoisotopic (exact) mass is 427 g/mol. The molecule has 6 nitrogen and oxygen atoms in total. The second kappa shape index (κ2) is 8.14. The van der Waals surface area contributed by atoms with Crippen molar-refractivity contribution >= 4 is 27.4 Å². The minimum Gasteiger partial charge on any atom is -0.294 e. The Bertz CT molecular complexity index is 1110. The third kappa shape index (κ3) is 4.21. The highest BCUT2D eigenvalue weighted by Gasteiger charge is 2.37. The van der Waals surface area contributed by atoms with E-state index in [0.717, 1.165) is 0 Å². The molecule has 2 aromatic carbocycles. The summed E-state index contributed by atoms with van der Waals surface area (Å²) in [4.78, 5) is 38.8. The molecule has 0 saturated heterocycles. The molecular weight excluding hydrogens is 402 g/mol. The Hall–Kier alpha value is -2.80. The minimum atomic E-state index is -3.21. The van der Waals surface area contributed by atoms with Crippen molar-refractivity contribution in [2.45, 2.75) is 51.2 Å². The Morgan fingerprint density at radius 3 is 2.00 bits per heavy atom. The van der Waals surface area contributed by atoms with E-state index in [0.29, 0.717) is 27.8 Å². The molecule has 0 saturated carbocycles. The van der Waals surface area contributed by atoms with Crippen LogP contribution < -0.4 is 0 Å². The van der Waals surface area contributed by atoms with Crippen molar-refractivity contribution < 1.29 is 22.8 Å². The SMILES string of the molecule is CC(C)N1C(=O)c2ccc(CC(=O)c3ccc(CS(=O)(=O)C(C)C)cc3)cc2C1=O. The standard InChI is InChI=1S/C23H25NO5S/c1-14(2)24-22(26)19-10-7-17(11-20(19)23(24)27)12-21(25)18-8-5-16(6-9-18)13-30(28,29)15(3)4/h5-11,14-15H,12-13H2,1-4H3. The number of ketones is 1. The summed E-state index contributed by atoms with van der Waals surface area (Å²) < 4.78 is 24.1. The summed E-state index contributed by atoms with van der Waals surface area (Å²) in [5, 5.41) is -0.458. The second-order valence-corrected chi connectivity index (χ2v) is 10.7. The molecule has 0 radical (unpaired) electrons. The van der Waals surface area contributed by atoms with Crippen LogP contribution in [0.25, 0.3) is 0 Å². The second-order valence-electron chi connectivity index (χ2n) is 8.11. The van der Waals surface area contributed by atoms with Crippen LogP contribution in [0.2, 0.25) is 0 Å². The van der Waals surface area contributed by atoms with Crippen LogP contribution >= 0.6 is 0 Å². The van der Waals surface area contributed by atoms with Crippen molar-refractivity contribution in [3.8, 4) is 0 Å². The Balaban J connectivity index is 1.75. The molecule has 0 spiro atoms. The Labute approximate surface area is 176 Å². The predicted molar refractivity (Wildman–Crippen MR) is 114 cm³/mol. The van der Waals surface area contributed by atoms with Gasteiger partial charge in [-0.3, -0.25) is 19.3 Å². The van der Waals surface area contributed by atoms with Gasteiger partial charge in [-0.25, -0.2) is 8.42 Å². The average Bonchev–Trinajstić information content (AvgIpc) is 2.92. The van der Waals surface area contributed by atoms with Gasteiger partial charge in [0.1, 0.15) is 0 Å². The van der Waals surface area contributed by atoms with Gasteiger partial charge in [0, 0.05) is 18.0 Å². The number of hydrogen-bond acceptors (Lipinski definition) is 5. The molecule has 0 N–H and O–H groups in total. The number of hydrogen-bond donors (Lipinski definition) is 0. The highest BCUT2D eigenvalue weighted by molar-refractivity contribution is 7.91. The number of imide groups is 1. The zero-order valence-corrected chi connectivity index (χ0v) is 18.3. The molecule has 1 aliphatic heterocycles. The van der Waals surface area contributed by atoms with Crippen molar-refractivity contribution in [3.63, 3.8) is 0 Å². The van der Waals surface area contributed by atoms with Crippen molar-refractivity contribution in [1.82, 2.24) is 4.90 Å². The fourth-order valence-corrected chi connectivity index (χ4v) is 4.35. The summed E-state index contributed by atoms with van der Waals surface area (Å²) in [5.74, 6) is -0.859. The molecule has 2 amide bonds. The normalized spacial score (nSPS) is 14.0. The van der Waals surface area contributed by atoms with Crippen molar-refractivity contribution in [2.24, 2.45) is 0 Å². The zero-order chi connectivity index (χ0) is 22.2. The van der Waals surface area contributed by atoms with Gasteiger partial charge in [0.25, 0.3) is 11.8 Å². The molecule has 0 atom stereocenters. The molecule has 2 aromatic rings. The number of carbonyl (C=O) groups is 3. The van der Waals surface area contributed by atoms with Gasteiger partial charge in [0.15, 0.2) is 15.6 Å². The van der Waals surface area contributed by atoms with Crippen molar-refractivity contribution in [3.05, 3.63) is 70.3 Å². The number of Topliss-reactive ketones (excluding diaryl/α,β-unsaturated/α-hetero) is 1. The fraction of sp³-hybridized carbons (Fsp3) is 0.348. The molecular formula is C23H25NO5S. The Kier molecular flexibility index (Phi) is 5.94. The maximum atomic E-state index is 12.7. The van der Waals surface area contributed by atoms with Gasteiger partial charge in [-0.1, -0.05) is 30.3 Å². The number of sulfone groups is 1. The van der Waals surface area contributed by atoms with E-state index in [-0.39, 0.29) is 35.8 Å². The van der Waals surface area contributed by atoms with Crippen LogP contribution in [-0.2, 0) is 22.0 Å². The topological polar surface area (TPSA) is 88.6 Å². The van der Waals surface area contributed by atoms with E-state index in [4.69, 9.17) is 0 Å². The van der Waals surface area contributed by atoms with Gasteiger partial charge in [-0.2, -0.15) is 0 Å². The minimum absolute atomic E-state index is 0.0630.